The van der Waals surface area contributed by atoms with Gasteiger partial charge in [0.15, 0.2) is 0 Å². The minimum Gasteiger partial charge on any atom is -0.497 e. The average Bonchev–Trinajstić information content (AvgIpc) is 4.14. The van der Waals surface area contributed by atoms with Crippen LogP contribution in [-0.4, -0.2) is 101 Å². The molecule has 0 bridgehead atoms. The molecule has 17 heteroatoms. The van der Waals surface area contributed by atoms with E-state index in [0.29, 0.717) is 54.0 Å². The van der Waals surface area contributed by atoms with Crippen LogP contribution in [0.5, 0.6) is 17.4 Å². The van der Waals surface area contributed by atoms with Gasteiger partial charge < -0.3 is 35.1 Å². The number of carbonyl (C=O) groups is 4. The SMILES string of the molecule is COc1ccc2c(O[C@@H]3C[C@H]4C(=O)NC5(C(=O)NS(=O)(=O)C6CC6)CC5/C=C\CC[C@@H](C)C[C@@H](C)[C@H](NC(=O)NC(C)(C)C)C(=O)N4C3)nc(-c3ccc(OC(C)C)cn3)cc2c1. The normalized spacial score (nSPS) is 27.2. The Labute approximate surface area is 369 Å². The van der Waals surface area contributed by atoms with E-state index in [-0.39, 0.29) is 43.2 Å². The van der Waals surface area contributed by atoms with Crippen molar-refractivity contribution in [3.8, 4) is 28.8 Å². The van der Waals surface area contributed by atoms with Crippen molar-refractivity contribution in [3.05, 3.63) is 54.7 Å². The Balaban J connectivity index is 1.25. The summed E-state index contributed by atoms with van der Waals surface area (Å²) in [4.78, 5) is 68.2. The number of ether oxygens (including phenoxy) is 3. The Morgan fingerprint density at radius 1 is 1.00 bits per heavy atom. The van der Waals surface area contributed by atoms with E-state index in [4.69, 9.17) is 19.2 Å². The van der Waals surface area contributed by atoms with Crippen LogP contribution in [0.3, 0.4) is 0 Å². The first-order chi connectivity index (χ1) is 29.7. The smallest absolute Gasteiger partial charge is 0.315 e. The van der Waals surface area contributed by atoms with Crippen molar-refractivity contribution in [2.75, 3.05) is 13.7 Å². The number of urea groups is 1. The van der Waals surface area contributed by atoms with Crippen LogP contribution in [0.1, 0.15) is 93.4 Å². The predicted octanol–water partition coefficient (Wildman–Crippen LogP) is 5.40. The Kier molecular flexibility index (Phi) is 13.0. The van der Waals surface area contributed by atoms with Crippen LogP contribution in [-0.2, 0) is 24.4 Å². The molecule has 7 atom stereocenters. The first kappa shape index (κ1) is 45.6. The summed E-state index contributed by atoms with van der Waals surface area (Å²) in [5.74, 6) is -1.11. The number of methoxy groups -OCH3 is 1. The number of fused-ring (bicyclic) bond motifs is 3. The zero-order valence-electron chi connectivity index (χ0n) is 37.4. The third kappa shape index (κ3) is 10.7. The van der Waals surface area contributed by atoms with E-state index in [1.54, 1.807) is 25.4 Å². The lowest BCUT2D eigenvalue weighted by molar-refractivity contribution is -0.142. The van der Waals surface area contributed by atoms with Gasteiger partial charge >= 0.3 is 6.03 Å². The van der Waals surface area contributed by atoms with E-state index < -0.39 is 74.2 Å². The number of nitrogens with zero attached hydrogens (tertiary/aromatic N) is 3. The Hall–Kier alpha value is -5.45. The lowest BCUT2D eigenvalue weighted by atomic mass is 9.88. The van der Waals surface area contributed by atoms with Gasteiger partial charge in [0.1, 0.15) is 35.2 Å². The maximum atomic E-state index is 15.0. The van der Waals surface area contributed by atoms with Crippen molar-refractivity contribution >= 4 is 44.5 Å². The Bertz CT molecular complexity index is 2360. The fourth-order valence-electron chi connectivity index (χ4n) is 8.60. The summed E-state index contributed by atoms with van der Waals surface area (Å²) >= 11 is 0. The van der Waals surface area contributed by atoms with E-state index in [9.17, 15) is 22.8 Å². The van der Waals surface area contributed by atoms with Gasteiger partial charge in [0, 0.05) is 23.3 Å². The molecule has 3 aromatic rings. The Morgan fingerprint density at radius 2 is 1.75 bits per heavy atom. The molecule has 1 saturated heterocycles. The topological polar surface area (TPSA) is 207 Å². The molecule has 16 nitrogen and oxygen atoms in total. The predicted molar refractivity (Wildman–Crippen MR) is 237 cm³/mol. The largest absolute Gasteiger partial charge is 0.497 e. The van der Waals surface area contributed by atoms with Crippen molar-refractivity contribution in [1.29, 1.82) is 0 Å². The van der Waals surface area contributed by atoms with Crippen molar-refractivity contribution < 1.29 is 41.8 Å². The average molecular weight is 888 g/mol. The summed E-state index contributed by atoms with van der Waals surface area (Å²) in [7, 11) is -2.35. The van der Waals surface area contributed by atoms with Gasteiger partial charge in [-0.2, -0.15) is 0 Å². The van der Waals surface area contributed by atoms with Crippen LogP contribution in [0.2, 0.25) is 0 Å². The lowest BCUT2D eigenvalue weighted by Crippen LogP contribution is -2.60. The van der Waals surface area contributed by atoms with Crippen LogP contribution in [0.15, 0.2) is 54.7 Å². The Morgan fingerprint density at radius 3 is 2.41 bits per heavy atom. The summed E-state index contributed by atoms with van der Waals surface area (Å²) in [6.45, 7) is 13.3. The van der Waals surface area contributed by atoms with E-state index in [0.717, 1.165) is 11.8 Å². The lowest BCUT2D eigenvalue weighted by Gasteiger charge is -2.33. The molecule has 2 saturated carbocycles. The number of hydrogen-bond acceptors (Lipinski definition) is 11. The highest BCUT2D eigenvalue weighted by atomic mass is 32.2. The fourth-order valence-corrected chi connectivity index (χ4v) is 9.96. The van der Waals surface area contributed by atoms with Gasteiger partial charge in [0.2, 0.25) is 27.7 Å². The van der Waals surface area contributed by atoms with Gasteiger partial charge in [0.25, 0.3) is 5.91 Å². The minimum atomic E-state index is -3.93. The molecular weight excluding hydrogens is 827 g/mol. The van der Waals surface area contributed by atoms with Gasteiger partial charge in [-0.25, -0.2) is 18.2 Å². The number of benzene rings is 1. The molecule has 1 aromatic carbocycles. The molecule has 4 aliphatic rings. The molecule has 0 radical (unpaired) electrons. The van der Waals surface area contributed by atoms with Crippen LogP contribution in [0.25, 0.3) is 22.2 Å². The maximum Gasteiger partial charge on any atom is 0.315 e. The molecule has 4 N–H and O–H groups in total. The maximum absolute atomic E-state index is 15.0. The van der Waals surface area contributed by atoms with E-state index in [1.807, 2.05) is 78.0 Å². The van der Waals surface area contributed by atoms with Crippen molar-refractivity contribution in [2.24, 2.45) is 17.8 Å². The van der Waals surface area contributed by atoms with Crippen molar-refractivity contribution in [3.63, 3.8) is 0 Å². The molecule has 3 fully saturated rings. The molecular formula is C46H61N7O9S. The molecule has 7 rings (SSSR count). The molecule has 2 unspecified atom stereocenters. The fraction of sp³-hybridized carbons (Fsp3) is 0.565. The van der Waals surface area contributed by atoms with Crippen molar-refractivity contribution in [1.82, 2.24) is 35.5 Å². The first-order valence-electron chi connectivity index (χ1n) is 22.0. The quantitative estimate of drug-likeness (QED) is 0.190. The first-order valence-corrected chi connectivity index (χ1v) is 23.5. The molecule has 0 spiro atoms. The summed E-state index contributed by atoms with van der Waals surface area (Å²) in [6, 6.07) is 8.26. The number of nitrogens with one attached hydrogen (secondary N) is 4. The monoisotopic (exact) mass is 887 g/mol. The van der Waals surface area contributed by atoms with Crippen molar-refractivity contribution in [2.45, 2.75) is 134 Å². The standard InChI is InChI=1S/C46H61N7O9S/c1-26(2)61-32-14-18-36(47-24-32)37-21-29-20-31(60-8)13-17-35(29)41(48-37)62-33-22-38-40(54)50-46(43(56)52-63(58,59)34-15-16-34)23-30(46)12-10-9-11-27(3)19-28(4)39(42(55)53(38)25-33)49-44(57)51-45(5,6)7/h10,12-14,17-18,20-21,24,26-28,30,33-34,38-39H,9,11,15-16,19,22-23,25H2,1-8H3,(H,50,54)(H,52,56)(H2,49,51,57)/b12-10-/t27-,28-,30?,33-,38+,39+,46?/m1/s1. The van der Waals surface area contributed by atoms with Crippen LogP contribution in [0, 0.1) is 17.8 Å². The van der Waals surface area contributed by atoms with Crippen LogP contribution in [0.4, 0.5) is 4.79 Å². The van der Waals surface area contributed by atoms with E-state index >= 15 is 4.79 Å². The second kappa shape index (κ2) is 18.0. The molecule has 2 aliphatic carbocycles. The van der Waals surface area contributed by atoms with Crippen LogP contribution >= 0.6 is 0 Å². The molecule has 5 amide bonds. The number of sulfonamides is 1. The summed E-state index contributed by atoms with van der Waals surface area (Å²) in [5.41, 5.74) is -1.08. The number of carbonyl (C=O) groups excluding carboxylic acids is 4. The second-order valence-corrected chi connectivity index (χ2v) is 21.0. The minimum absolute atomic E-state index is 0.00485. The van der Waals surface area contributed by atoms with Gasteiger partial charge in [0.05, 0.1) is 42.6 Å². The number of amides is 5. The van der Waals surface area contributed by atoms with Gasteiger partial charge in [-0.1, -0.05) is 26.0 Å². The summed E-state index contributed by atoms with van der Waals surface area (Å²) in [5, 5.41) is 9.52. The highest BCUT2D eigenvalue weighted by molar-refractivity contribution is 7.91. The van der Waals surface area contributed by atoms with Gasteiger partial charge in [-0.3, -0.25) is 24.1 Å². The number of rotatable bonds is 10. The summed E-state index contributed by atoms with van der Waals surface area (Å²) < 4.78 is 46.3. The summed E-state index contributed by atoms with van der Waals surface area (Å²) in [6.07, 6.45) is 7.82. The van der Waals surface area contributed by atoms with E-state index in [1.165, 1.54) is 4.90 Å². The second-order valence-electron chi connectivity index (χ2n) is 19.0. The van der Waals surface area contributed by atoms with Gasteiger partial charge in [-0.05, 0) is 127 Å². The zero-order chi connectivity index (χ0) is 45.4. The number of pyridine rings is 2. The molecule has 340 valence electrons. The molecule has 2 aromatic heterocycles. The highest BCUT2D eigenvalue weighted by Crippen LogP contribution is 2.46. The molecule has 2 aliphatic heterocycles. The van der Waals surface area contributed by atoms with E-state index in [2.05, 4.69) is 32.6 Å². The molecule has 4 heterocycles. The number of hydrogen-bond donors (Lipinski definition) is 4. The third-order valence-electron chi connectivity index (χ3n) is 12.0. The number of allylic oxidation sites excluding steroid dienone is 1. The number of aromatic nitrogens is 2. The van der Waals surface area contributed by atoms with Crippen LogP contribution < -0.4 is 34.9 Å². The highest BCUT2D eigenvalue weighted by Gasteiger charge is 2.62. The third-order valence-corrected chi connectivity index (χ3v) is 13.9. The van der Waals surface area contributed by atoms with Gasteiger partial charge in [-0.15, -0.1) is 0 Å². The molecule has 63 heavy (non-hydrogen) atoms. The zero-order valence-corrected chi connectivity index (χ0v) is 38.2.